The van der Waals surface area contributed by atoms with E-state index in [0.717, 1.165) is 6.54 Å². The van der Waals surface area contributed by atoms with Crippen molar-refractivity contribution in [2.45, 2.75) is 0 Å². The van der Waals surface area contributed by atoms with Crippen LogP contribution in [0.4, 0.5) is 0 Å². The van der Waals surface area contributed by atoms with Crippen molar-refractivity contribution >= 4 is 32.3 Å². The Morgan fingerprint density at radius 2 is 2.25 bits per heavy atom. The Hall–Kier alpha value is 0.420. The number of hydrazine groups is 2. The van der Waals surface area contributed by atoms with E-state index in [4.69, 9.17) is 0 Å². The lowest BCUT2D eigenvalue weighted by molar-refractivity contribution is 0.255. The summed E-state index contributed by atoms with van der Waals surface area (Å²) in [5.74, 6) is 0. The van der Waals surface area contributed by atoms with Gasteiger partial charge in [0.2, 0.25) is 0 Å². The molecule has 0 aliphatic carbocycles. The molecular weight excluding hydrogens is 238 g/mol. The van der Waals surface area contributed by atoms with Crippen LogP contribution < -0.4 is 5.53 Å². The van der Waals surface area contributed by atoms with Gasteiger partial charge in [0.25, 0.3) is 0 Å². The fraction of sp³-hybridized carbons (Fsp3) is 0.333. The summed E-state index contributed by atoms with van der Waals surface area (Å²) in [5, 5.41) is 0. The Morgan fingerprint density at radius 1 is 1.50 bits per heavy atom. The first kappa shape index (κ1) is 6.54. The van der Waals surface area contributed by atoms with Crippen molar-refractivity contribution in [1.29, 1.82) is 0 Å². The van der Waals surface area contributed by atoms with Crippen molar-refractivity contribution < 1.29 is 0 Å². The van der Waals surface area contributed by atoms with Crippen LogP contribution in [0.2, 0.25) is 0 Å². The number of nitrogens with zero attached hydrogens (tertiary/aromatic N) is 2. The fourth-order valence-corrected chi connectivity index (χ4v) is 1.32. The highest BCUT2D eigenvalue weighted by Crippen LogP contribution is 2.04. The summed E-state index contributed by atoms with van der Waals surface area (Å²) < 4.78 is 3.44. The summed E-state index contributed by atoms with van der Waals surface area (Å²) in [6.45, 7) is 0.863. The van der Waals surface area contributed by atoms with E-state index in [1.54, 1.807) is 8.07 Å². The molecule has 0 saturated carbocycles. The summed E-state index contributed by atoms with van der Waals surface area (Å²) in [5.41, 5.74) is 2.89. The minimum Gasteiger partial charge on any atom is -0.235 e. The lowest BCUT2D eigenvalue weighted by atomic mass is 10.6. The Labute approximate surface area is 64.9 Å². The van der Waals surface area contributed by atoms with Gasteiger partial charge in [-0.05, 0) is 6.08 Å². The van der Waals surface area contributed by atoms with Crippen LogP contribution in [0.3, 0.4) is 0 Å². The highest BCUT2D eigenvalue weighted by Gasteiger charge is 2.03. The summed E-state index contributed by atoms with van der Waals surface area (Å²) in [6, 6.07) is 0. The van der Waals surface area contributed by atoms with Gasteiger partial charge < -0.3 is 0 Å². The number of halogens is 2. The second kappa shape index (κ2) is 2.82. The van der Waals surface area contributed by atoms with E-state index in [1.807, 2.05) is 12.3 Å². The normalized spacial score (nSPS) is 22.0. The van der Waals surface area contributed by atoms with Crippen molar-refractivity contribution in [2.75, 3.05) is 6.54 Å². The zero-order valence-corrected chi connectivity index (χ0v) is 7.18. The fourth-order valence-electron chi connectivity index (χ4n) is 0.410. The smallest absolute Gasteiger partial charge is 0.0678 e. The molecular formula is C3H5Br2N3. The molecule has 3 nitrogen and oxygen atoms in total. The molecule has 0 fully saturated rings. The highest BCUT2D eigenvalue weighted by molar-refractivity contribution is 9.08. The molecule has 0 aromatic carbocycles. The topological polar surface area (TPSA) is 18.5 Å². The molecule has 0 atom stereocenters. The number of hydrogen-bond donors (Lipinski definition) is 1. The molecule has 0 unspecified atom stereocenters. The van der Waals surface area contributed by atoms with E-state index in [-0.39, 0.29) is 0 Å². The lowest BCUT2D eigenvalue weighted by Crippen LogP contribution is -2.39. The van der Waals surface area contributed by atoms with Crippen LogP contribution in [0.25, 0.3) is 0 Å². The van der Waals surface area contributed by atoms with Gasteiger partial charge in [-0.3, -0.25) is 0 Å². The molecule has 1 heterocycles. The van der Waals surface area contributed by atoms with Crippen molar-refractivity contribution in [3.8, 4) is 0 Å². The Morgan fingerprint density at radius 3 is 2.62 bits per heavy atom. The highest BCUT2D eigenvalue weighted by atomic mass is 79.9. The molecule has 1 N–H and O–H groups in total. The number of rotatable bonds is 0. The van der Waals surface area contributed by atoms with Crippen molar-refractivity contribution in [3.63, 3.8) is 0 Å². The van der Waals surface area contributed by atoms with Gasteiger partial charge in [0.05, 0.1) is 16.1 Å². The van der Waals surface area contributed by atoms with Crippen molar-refractivity contribution in [1.82, 2.24) is 13.6 Å². The largest absolute Gasteiger partial charge is 0.235 e. The minimum absolute atomic E-state index is 0.863. The van der Waals surface area contributed by atoms with Crippen LogP contribution >= 0.6 is 32.3 Å². The monoisotopic (exact) mass is 241 g/mol. The molecule has 8 heavy (non-hydrogen) atoms. The summed E-state index contributed by atoms with van der Waals surface area (Å²) in [4.78, 5) is 0. The molecule has 0 amide bonds. The molecule has 1 aliphatic rings. The van der Waals surface area contributed by atoms with E-state index in [1.165, 1.54) is 0 Å². The van der Waals surface area contributed by atoms with Crippen LogP contribution in [0.1, 0.15) is 0 Å². The van der Waals surface area contributed by atoms with Crippen LogP contribution in [0, 0.1) is 0 Å². The second-order valence-corrected chi connectivity index (χ2v) is 2.96. The maximum absolute atomic E-state index is 3.23. The maximum atomic E-state index is 3.23. The third-order valence-electron chi connectivity index (χ3n) is 0.706. The van der Waals surface area contributed by atoms with Crippen molar-refractivity contribution in [2.24, 2.45) is 0 Å². The van der Waals surface area contributed by atoms with E-state index in [9.17, 15) is 0 Å². The molecule has 1 rings (SSSR count). The van der Waals surface area contributed by atoms with Gasteiger partial charge in [-0.1, -0.05) is 0 Å². The van der Waals surface area contributed by atoms with Gasteiger partial charge in [-0.2, -0.15) is 4.03 Å². The predicted octanol–water partition coefficient (Wildman–Crippen LogP) is 1.16. The third-order valence-corrected chi connectivity index (χ3v) is 1.55. The predicted molar refractivity (Wildman–Crippen MR) is 38.7 cm³/mol. The first-order valence-electron chi connectivity index (χ1n) is 2.10. The molecule has 0 bridgehead atoms. The third kappa shape index (κ3) is 1.74. The maximum Gasteiger partial charge on any atom is 0.0678 e. The van der Waals surface area contributed by atoms with Gasteiger partial charge in [0.1, 0.15) is 0 Å². The van der Waals surface area contributed by atoms with Gasteiger partial charge >= 0.3 is 0 Å². The van der Waals surface area contributed by atoms with E-state index in [2.05, 4.69) is 37.8 Å². The Balaban J connectivity index is 2.42. The summed E-state index contributed by atoms with van der Waals surface area (Å²) in [7, 11) is 0. The van der Waals surface area contributed by atoms with Gasteiger partial charge in [0.15, 0.2) is 0 Å². The Bertz CT molecular complexity index is 105. The van der Waals surface area contributed by atoms with E-state index in [0.29, 0.717) is 0 Å². The molecule has 0 aromatic heterocycles. The molecule has 0 saturated heterocycles. The molecule has 0 radical (unpaired) electrons. The van der Waals surface area contributed by atoms with Crippen LogP contribution in [0.5, 0.6) is 0 Å². The minimum atomic E-state index is 0.863. The second-order valence-electron chi connectivity index (χ2n) is 1.34. The average Bonchev–Trinajstić information content (AvgIpc) is 1.64. The molecule has 0 spiro atoms. The van der Waals surface area contributed by atoms with Gasteiger partial charge in [0, 0.05) is 28.9 Å². The van der Waals surface area contributed by atoms with Crippen LogP contribution in [0.15, 0.2) is 12.3 Å². The molecule has 1 aliphatic heterocycles. The molecule has 46 valence electrons. The summed E-state index contributed by atoms with van der Waals surface area (Å²) >= 11 is 6.42. The van der Waals surface area contributed by atoms with Gasteiger partial charge in [-0.25, -0.2) is 4.03 Å². The number of nitrogens with one attached hydrogen (secondary N) is 1. The van der Waals surface area contributed by atoms with Gasteiger partial charge in [-0.15, -0.1) is 5.53 Å². The zero-order chi connectivity index (χ0) is 5.98. The average molecular weight is 243 g/mol. The molecule has 5 heteroatoms. The molecule has 0 aromatic rings. The zero-order valence-electron chi connectivity index (χ0n) is 4.01. The van der Waals surface area contributed by atoms with E-state index < -0.39 is 0 Å². The Kier molecular flexibility index (Phi) is 2.30. The van der Waals surface area contributed by atoms with Crippen LogP contribution in [-0.4, -0.2) is 14.6 Å². The standard InChI is InChI=1S/C3H5Br2N3/c4-7-2-1-3-8(5)6-7/h1-2,6H,3H2. The van der Waals surface area contributed by atoms with Crippen molar-refractivity contribution in [3.05, 3.63) is 12.3 Å². The quantitative estimate of drug-likeness (QED) is 0.644. The summed E-state index contributed by atoms with van der Waals surface area (Å²) in [6.07, 6.45) is 3.89. The SMILES string of the molecule is BrN1C=CCN(Br)N1. The van der Waals surface area contributed by atoms with Crippen LogP contribution in [-0.2, 0) is 0 Å². The lowest BCUT2D eigenvalue weighted by Gasteiger charge is -2.22. The first-order chi connectivity index (χ1) is 3.79. The number of hydrogen-bond acceptors (Lipinski definition) is 3. The first-order valence-corrected chi connectivity index (χ1v) is 3.52. The van der Waals surface area contributed by atoms with E-state index >= 15 is 0 Å².